The van der Waals surface area contributed by atoms with E-state index in [0.717, 1.165) is 5.56 Å². The van der Waals surface area contributed by atoms with Crippen LogP contribution in [0.5, 0.6) is 5.88 Å². The van der Waals surface area contributed by atoms with Crippen molar-refractivity contribution in [2.45, 2.75) is 6.61 Å². The maximum absolute atomic E-state index is 11.5. The highest BCUT2D eigenvalue weighted by Gasteiger charge is 2.02. The van der Waals surface area contributed by atoms with Gasteiger partial charge in [0.2, 0.25) is 0 Å². The van der Waals surface area contributed by atoms with Gasteiger partial charge < -0.3 is 20.5 Å². The summed E-state index contributed by atoms with van der Waals surface area (Å²) in [7, 11) is 1.45. The Hall–Kier alpha value is -3.27. The molecule has 7 nitrogen and oxygen atoms in total. The Morgan fingerprint density at radius 3 is 2.87 bits per heavy atom. The first kappa shape index (κ1) is 16.1. The molecule has 0 aliphatic heterocycles. The van der Waals surface area contributed by atoms with E-state index in [-0.39, 0.29) is 24.8 Å². The largest absolute Gasteiger partial charge is 0.478 e. The molecule has 1 amide bonds. The fourth-order valence-electron chi connectivity index (χ4n) is 1.62. The molecule has 118 valence electrons. The van der Waals surface area contributed by atoms with Crippen LogP contribution in [0, 0.1) is 11.8 Å². The van der Waals surface area contributed by atoms with Gasteiger partial charge >= 0.3 is 6.09 Å². The van der Waals surface area contributed by atoms with Crippen molar-refractivity contribution in [2.24, 2.45) is 0 Å². The maximum atomic E-state index is 11.5. The average Bonchev–Trinajstić information content (AvgIpc) is 2.59. The number of carbonyl (C=O) groups excluding carboxylic acids is 1. The third-order valence-electron chi connectivity index (χ3n) is 2.71. The van der Waals surface area contributed by atoms with Gasteiger partial charge in [-0.1, -0.05) is 36.3 Å². The summed E-state index contributed by atoms with van der Waals surface area (Å²) in [5.41, 5.74) is 6.87. The number of nitrogen functional groups attached to an aromatic ring is 1. The van der Waals surface area contributed by atoms with Gasteiger partial charge in [0.05, 0.1) is 19.9 Å². The van der Waals surface area contributed by atoms with Gasteiger partial charge in [-0.25, -0.2) is 9.78 Å². The summed E-state index contributed by atoms with van der Waals surface area (Å²) in [6, 6.07) is 9.41. The quantitative estimate of drug-likeness (QED) is 0.827. The molecule has 0 aliphatic rings. The van der Waals surface area contributed by atoms with Crippen molar-refractivity contribution >= 4 is 11.9 Å². The monoisotopic (exact) mass is 312 g/mol. The van der Waals surface area contributed by atoms with Gasteiger partial charge in [-0.15, -0.1) is 0 Å². The molecule has 1 aromatic heterocycles. The predicted octanol–water partition coefficient (Wildman–Crippen LogP) is 1.35. The van der Waals surface area contributed by atoms with Crippen molar-refractivity contribution in [3.8, 4) is 17.7 Å². The minimum Gasteiger partial charge on any atom is -0.478 e. The van der Waals surface area contributed by atoms with E-state index in [1.165, 1.54) is 13.3 Å². The lowest BCUT2D eigenvalue weighted by Crippen LogP contribution is -2.24. The zero-order chi connectivity index (χ0) is 16.5. The van der Waals surface area contributed by atoms with Crippen LogP contribution in [0.1, 0.15) is 11.3 Å². The fraction of sp³-hybridized carbons (Fsp3) is 0.188. The third-order valence-corrected chi connectivity index (χ3v) is 2.71. The summed E-state index contributed by atoms with van der Waals surface area (Å²) in [6.45, 7) is 0.336. The molecule has 3 N–H and O–H groups in total. The van der Waals surface area contributed by atoms with E-state index in [4.69, 9.17) is 15.2 Å². The van der Waals surface area contributed by atoms with Crippen molar-refractivity contribution in [3.05, 3.63) is 47.8 Å². The number of hydrogen-bond donors (Lipinski definition) is 2. The Labute approximate surface area is 133 Å². The standard InChI is InChI=1S/C16H16N4O3/c1-22-15-14(17)19-10-13(20-15)8-5-9-18-16(21)23-11-12-6-3-2-4-7-12/h2-4,6-7,10H,9,11H2,1H3,(H2,17,19)(H,18,21). The van der Waals surface area contributed by atoms with Crippen LogP contribution in [0.2, 0.25) is 0 Å². The Bertz CT molecular complexity index is 723. The number of amides is 1. The van der Waals surface area contributed by atoms with Crippen LogP contribution >= 0.6 is 0 Å². The lowest BCUT2D eigenvalue weighted by molar-refractivity contribution is 0.141. The van der Waals surface area contributed by atoms with Gasteiger partial charge in [0.15, 0.2) is 5.82 Å². The van der Waals surface area contributed by atoms with E-state index < -0.39 is 6.09 Å². The second-order valence-electron chi connectivity index (χ2n) is 4.37. The van der Waals surface area contributed by atoms with E-state index in [1.807, 2.05) is 30.3 Å². The Morgan fingerprint density at radius 2 is 2.13 bits per heavy atom. The van der Waals surface area contributed by atoms with Gasteiger partial charge in [0, 0.05) is 0 Å². The summed E-state index contributed by atoms with van der Waals surface area (Å²) >= 11 is 0. The van der Waals surface area contributed by atoms with Gasteiger partial charge in [-0.3, -0.25) is 0 Å². The first-order chi connectivity index (χ1) is 11.2. The summed E-state index contributed by atoms with van der Waals surface area (Å²) in [6.07, 6.45) is 0.891. The van der Waals surface area contributed by atoms with Crippen LogP contribution in [0.4, 0.5) is 10.6 Å². The molecule has 0 saturated carbocycles. The number of methoxy groups -OCH3 is 1. The number of nitrogens with two attached hydrogens (primary N) is 1. The van der Waals surface area contributed by atoms with E-state index in [1.54, 1.807) is 0 Å². The molecule has 0 aliphatic carbocycles. The summed E-state index contributed by atoms with van der Waals surface area (Å²) in [5, 5.41) is 2.52. The van der Waals surface area contributed by atoms with Gasteiger partial charge in [0.25, 0.3) is 5.88 Å². The third kappa shape index (κ3) is 5.21. The number of ether oxygens (including phenoxy) is 2. The molecule has 0 spiro atoms. The molecule has 7 heteroatoms. The fourth-order valence-corrected chi connectivity index (χ4v) is 1.62. The molecule has 1 aromatic carbocycles. The molecule has 0 saturated heterocycles. The van der Waals surface area contributed by atoms with Crippen LogP contribution in [0.25, 0.3) is 0 Å². The molecule has 0 bridgehead atoms. The number of alkyl carbamates (subject to hydrolysis) is 1. The number of aromatic nitrogens is 2. The van der Waals surface area contributed by atoms with Crippen LogP contribution < -0.4 is 15.8 Å². The minimum atomic E-state index is -0.538. The van der Waals surface area contributed by atoms with E-state index >= 15 is 0 Å². The summed E-state index contributed by atoms with van der Waals surface area (Å²) in [5.74, 6) is 5.90. The van der Waals surface area contributed by atoms with E-state index in [9.17, 15) is 4.79 Å². The SMILES string of the molecule is COc1nc(C#CCNC(=O)OCc2ccccc2)cnc1N. The Kier molecular flexibility index (Phi) is 5.77. The molecular weight excluding hydrogens is 296 g/mol. The van der Waals surface area contributed by atoms with Crippen molar-refractivity contribution in [3.63, 3.8) is 0 Å². The maximum Gasteiger partial charge on any atom is 0.408 e. The van der Waals surface area contributed by atoms with Crippen LogP contribution in [0.15, 0.2) is 36.5 Å². The van der Waals surface area contributed by atoms with Crippen LogP contribution in [0.3, 0.4) is 0 Å². The molecule has 23 heavy (non-hydrogen) atoms. The molecule has 1 heterocycles. The average molecular weight is 312 g/mol. The zero-order valence-corrected chi connectivity index (χ0v) is 12.6. The molecule has 0 atom stereocenters. The summed E-state index contributed by atoms with van der Waals surface area (Å²) < 4.78 is 10.00. The number of anilines is 1. The second kappa shape index (κ2) is 8.24. The summed E-state index contributed by atoms with van der Waals surface area (Å²) in [4.78, 5) is 19.5. The number of carbonyl (C=O) groups is 1. The first-order valence-corrected chi connectivity index (χ1v) is 6.79. The Balaban J connectivity index is 1.77. The number of rotatable bonds is 4. The van der Waals surface area contributed by atoms with Crippen LogP contribution in [-0.4, -0.2) is 29.7 Å². The van der Waals surface area contributed by atoms with E-state index in [0.29, 0.717) is 5.69 Å². The molecule has 0 fully saturated rings. The number of hydrogen-bond acceptors (Lipinski definition) is 6. The van der Waals surface area contributed by atoms with Gasteiger partial charge in [0.1, 0.15) is 12.3 Å². The topological polar surface area (TPSA) is 99.4 Å². The molecule has 2 rings (SSSR count). The first-order valence-electron chi connectivity index (χ1n) is 6.79. The minimum absolute atomic E-state index is 0.127. The Morgan fingerprint density at radius 1 is 1.35 bits per heavy atom. The number of nitrogens with zero attached hydrogens (tertiary/aromatic N) is 2. The van der Waals surface area contributed by atoms with Crippen molar-refractivity contribution in [1.82, 2.24) is 15.3 Å². The highest BCUT2D eigenvalue weighted by molar-refractivity contribution is 5.67. The molecular formula is C16H16N4O3. The highest BCUT2D eigenvalue weighted by Crippen LogP contribution is 2.13. The number of benzene rings is 1. The lowest BCUT2D eigenvalue weighted by Gasteiger charge is -2.04. The predicted molar refractivity (Wildman–Crippen MR) is 84.5 cm³/mol. The van der Waals surface area contributed by atoms with Gasteiger partial charge in [-0.2, -0.15) is 4.98 Å². The molecule has 0 radical (unpaired) electrons. The number of nitrogens with one attached hydrogen (secondary N) is 1. The molecule has 2 aromatic rings. The van der Waals surface area contributed by atoms with Crippen molar-refractivity contribution in [1.29, 1.82) is 0 Å². The second-order valence-corrected chi connectivity index (χ2v) is 4.37. The van der Waals surface area contributed by atoms with E-state index in [2.05, 4.69) is 27.1 Å². The smallest absolute Gasteiger partial charge is 0.408 e. The van der Waals surface area contributed by atoms with Gasteiger partial charge in [-0.05, 0) is 11.5 Å². The van der Waals surface area contributed by atoms with Crippen LogP contribution in [-0.2, 0) is 11.3 Å². The van der Waals surface area contributed by atoms with Crippen molar-refractivity contribution < 1.29 is 14.3 Å². The zero-order valence-electron chi connectivity index (χ0n) is 12.6. The highest BCUT2D eigenvalue weighted by atomic mass is 16.5. The lowest BCUT2D eigenvalue weighted by atomic mass is 10.2. The van der Waals surface area contributed by atoms with Crippen molar-refractivity contribution in [2.75, 3.05) is 19.4 Å². The molecule has 0 unspecified atom stereocenters. The normalized spacial score (nSPS) is 9.43.